The first-order chi connectivity index (χ1) is 7.50. The molecule has 1 aromatic heterocycles. The van der Waals surface area contributed by atoms with Crippen LogP contribution in [0.25, 0.3) is 0 Å². The van der Waals surface area contributed by atoms with Gasteiger partial charge in [-0.15, -0.1) is 12.4 Å². The van der Waals surface area contributed by atoms with E-state index in [1.165, 1.54) is 0 Å². The van der Waals surface area contributed by atoms with E-state index in [0.29, 0.717) is 18.0 Å². The lowest BCUT2D eigenvalue weighted by molar-refractivity contribution is 0.390. The summed E-state index contributed by atoms with van der Waals surface area (Å²) >= 11 is 0. The van der Waals surface area contributed by atoms with E-state index in [9.17, 15) is 8.42 Å². The van der Waals surface area contributed by atoms with Crippen molar-refractivity contribution in [3.8, 4) is 0 Å². The first-order valence-corrected chi connectivity index (χ1v) is 6.65. The summed E-state index contributed by atoms with van der Waals surface area (Å²) in [5, 5.41) is 6.75. The van der Waals surface area contributed by atoms with Gasteiger partial charge >= 0.3 is 0 Å². The van der Waals surface area contributed by atoms with E-state index in [0.717, 1.165) is 13.0 Å². The Morgan fingerprint density at radius 3 is 2.65 bits per heavy atom. The van der Waals surface area contributed by atoms with E-state index < -0.39 is 10.0 Å². The van der Waals surface area contributed by atoms with Gasteiger partial charge in [-0.3, -0.25) is 0 Å². The van der Waals surface area contributed by atoms with Gasteiger partial charge in [-0.05, 0) is 26.8 Å². The average Bonchev–Trinajstić information content (AvgIpc) is 2.76. The molecule has 8 heteroatoms. The van der Waals surface area contributed by atoms with Gasteiger partial charge in [-0.1, -0.05) is 5.16 Å². The highest BCUT2D eigenvalue weighted by Crippen LogP contribution is 2.19. The molecule has 1 aliphatic rings. The molecule has 98 valence electrons. The lowest BCUT2D eigenvalue weighted by Crippen LogP contribution is -2.36. The standard InChI is InChI=1S/C9H15N3O3S.ClH/c1-6-9(7(2)15-11-6)16(13,14)12-8-3-4-10-5-8;/h8,10,12H,3-5H2,1-2H3;1H. The fourth-order valence-electron chi connectivity index (χ4n) is 1.89. The Morgan fingerprint density at radius 2 is 2.18 bits per heavy atom. The highest BCUT2D eigenvalue weighted by atomic mass is 35.5. The zero-order chi connectivity index (χ0) is 11.8. The molecular formula is C9H16ClN3O3S. The van der Waals surface area contributed by atoms with E-state index in [1.807, 2.05) is 0 Å². The van der Waals surface area contributed by atoms with Gasteiger partial charge in [-0.2, -0.15) is 0 Å². The van der Waals surface area contributed by atoms with Gasteiger partial charge in [0.2, 0.25) is 10.0 Å². The van der Waals surface area contributed by atoms with Gasteiger partial charge in [0, 0.05) is 12.6 Å². The molecule has 2 heterocycles. The number of aromatic nitrogens is 1. The molecule has 0 aliphatic carbocycles. The van der Waals surface area contributed by atoms with Crippen LogP contribution in [-0.2, 0) is 10.0 Å². The van der Waals surface area contributed by atoms with Crippen LogP contribution in [0.15, 0.2) is 9.42 Å². The maximum absolute atomic E-state index is 12.1. The van der Waals surface area contributed by atoms with Crippen LogP contribution >= 0.6 is 12.4 Å². The van der Waals surface area contributed by atoms with Crippen LogP contribution in [0.3, 0.4) is 0 Å². The molecule has 0 spiro atoms. The smallest absolute Gasteiger partial charge is 0.246 e. The minimum atomic E-state index is -3.51. The minimum Gasteiger partial charge on any atom is -0.360 e. The summed E-state index contributed by atoms with van der Waals surface area (Å²) < 4.78 is 31.6. The molecule has 0 amide bonds. The summed E-state index contributed by atoms with van der Waals surface area (Å²) in [6.45, 7) is 4.73. The number of hydrogen-bond donors (Lipinski definition) is 2. The Bertz CT molecular complexity index is 460. The SMILES string of the molecule is Cc1noc(C)c1S(=O)(=O)NC1CCNC1.Cl. The van der Waals surface area contributed by atoms with Crippen LogP contribution in [-0.4, -0.2) is 32.7 Å². The Hall–Kier alpha value is -0.630. The molecule has 2 rings (SSSR count). The lowest BCUT2D eigenvalue weighted by Gasteiger charge is -2.11. The molecule has 1 saturated heterocycles. The number of hydrogen-bond acceptors (Lipinski definition) is 5. The van der Waals surface area contributed by atoms with Gasteiger partial charge in [-0.25, -0.2) is 13.1 Å². The third-order valence-corrected chi connectivity index (χ3v) is 4.38. The Balaban J connectivity index is 0.00000144. The summed E-state index contributed by atoms with van der Waals surface area (Å²) in [4.78, 5) is 0.166. The van der Waals surface area contributed by atoms with Gasteiger partial charge in [0.15, 0.2) is 5.76 Å². The lowest BCUT2D eigenvalue weighted by atomic mass is 10.3. The predicted octanol–water partition coefficient (Wildman–Crippen LogP) is 0.353. The van der Waals surface area contributed by atoms with Crippen LogP contribution in [0, 0.1) is 13.8 Å². The highest BCUT2D eigenvalue weighted by molar-refractivity contribution is 7.89. The summed E-state index contributed by atoms with van der Waals surface area (Å²) in [5.74, 6) is 0.330. The number of nitrogens with zero attached hydrogens (tertiary/aromatic N) is 1. The predicted molar refractivity (Wildman–Crippen MR) is 64.8 cm³/mol. The van der Waals surface area contributed by atoms with E-state index in [4.69, 9.17) is 4.52 Å². The largest absolute Gasteiger partial charge is 0.360 e. The molecule has 1 fully saturated rings. The topological polar surface area (TPSA) is 84.2 Å². The van der Waals surface area contributed by atoms with Gasteiger partial charge in [0.1, 0.15) is 10.6 Å². The second-order valence-corrected chi connectivity index (χ2v) is 5.62. The van der Waals surface area contributed by atoms with Crippen molar-refractivity contribution in [3.05, 3.63) is 11.5 Å². The van der Waals surface area contributed by atoms with E-state index in [1.54, 1.807) is 13.8 Å². The second kappa shape index (κ2) is 5.34. The summed E-state index contributed by atoms with van der Waals surface area (Å²) in [6.07, 6.45) is 0.808. The second-order valence-electron chi connectivity index (χ2n) is 3.96. The van der Waals surface area contributed by atoms with Crippen LogP contribution < -0.4 is 10.0 Å². The minimum absolute atomic E-state index is 0. The van der Waals surface area contributed by atoms with Crippen LogP contribution in [0.1, 0.15) is 17.9 Å². The number of sulfonamides is 1. The van der Waals surface area contributed by atoms with E-state index >= 15 is 0 Å². The normalized spacial score (nSPS) is 20.2. The molecule has 0 radical (unpaired) electrons. The molecule has 6 nitrogen and oxygen atoms in total. The fraction of sp³-hybridized carbons (Fsp3) is 0.667. The van der Waals surface area contributed by atoms with Crippen molar-refractivity contribution in [1.82, 2.24) is 15.2 Å². The number of nitrogens with one attached hydrogen (secondary N) is 2. The van der Waals surface area contributed by atoms with Crippen LogP contribution in [0.2, 0.25) is 0 Å². The van der Waals surface area contributed by atoms with Crippen molar-refractivity contribution in [1.29, 1.82) is 0 Å². The molecule has 17 heavy (non-hydrogen) atoms. The Morgan fingerprint density at radius 1 is 1.47 bits per heavy atom. The molecule has 1 aromatic rings. The van der Waals surface area contributed by atoms with Gasteiger partial charge in [0.05, 0.1) is 0 Å². The number of halogens is 1. The number of aryl methyl sites for hydroxylation is 2. The van der Waals surface area contributed by atoms with Gasteiger partial charge in [0.25, 0.3) is 0 Å². The average molecular weight is 282 g/mol. The third-order valence-electron chi connectivity index (χ3n) is 2.62. The van der Waals surface area contributed by atoms with Gasteiger partial charge < -0.3 is 9.84 Å². The maximum atomic E-state index is 12.1. The molecule has 0 aromatic carbocycles. The number of rotatable bonds is 3. The summed E-state index contributed by atoms with van der Waals surface area (Å²) in [5.41, 5.74) is 0.399. The Labute approximate surface area is 107 Å². The van der Waals surface area contributed by atoms with Crippen LogP contribution in [0.4, 0.5) is 0 Å². The van der Waals surface area contributed by atoms with Crippen molar-refractivity contribution < 1.29 is 12.9 Å². The molecule has 1 aliphatic heterocycles. The third kappa shape index (κ3) is 2.98. The molecule has 2 N–H and O–H groups in total. The van der Waals surface area contributed by atoms with Crippen molar-refractivity contribution in [2.45, 2.75) is 31.2 Å². The monoisotopic (exact) mass is 281 g/mol. The van der Waals surface area contributed by atoms with Crippen molar-refractivity contribution in [3.63, 3.8) is 0 Å². The summed E-state index contributed by atoms with van der Waals surface area (Å²) in [7, 11) is -3.51. The molecular weight excluding hydrogens is 266 g/mol. The van der Waals surface area contributed by atoms with E-state index in [-0.39, 0.29) is 23.3 Å². The Kier molecular flexibility index (Phi) is 4.54. The first-order valence-electron chi connectivity index (χ1n) is 5.16. The maximum Gasteiger partial charge on any atom is 0.246 e. The quantitative estimate of drug-likeness (QED) is 0.835. The molecule has 0 saturated carbocycles. The zero-order valence-electron chi connectivity index (χ0n) is 9.69. The molecule has 0 bridgehead atoms. The molecule has 1 atom stereocenters. The van der Waals surface area contributed by atoms with Crippen molar-refractivity contribution >= 4 is 22.4 Å². The van der Waals surface area contributed by atoms with E-state index in [2.05, 4.69) is 15.2 Å². The molecule has 1 unspecified atom stereocenters. The zero-order valence-corrected chi connectivity index (χ0v) is 11.3. The first kappa shape index (κ1) is 14.4. The fourth-order valence-corrected chi connectivity index (χ4v) is 3.49. The summed E-state index contributed by atoms with van der Waals surface area (Å²) in [6, 6.07) is -0.0429. The highest BCUT2D eigenvalue weighted by Gasteiger charge is 2.28. The van der Waals surface area contributed by atoms with Crippen molar-refractivity contribution in [2.75, 3.05) is 13.1 Å². The van der Waals surface area contributed by atoms with Crippen LogP contribution in [0.5, 0.6) is 0 Å². The van der Waals surface area contributed by atoms with Crippen molar-refractivity contribution in [2.24, 2.45) is 0 Å².